The highest BCUT2D eigenvalue weighted by molar-refractivity contribution is 9.10. The van der Waals surface area contributed by atoms with Crippen LogP contribution in [0.4, 0.5) is 0 Å². The van der Waals surface area contributed by atoms with Crippen LogP contribution >= 0.6 is 31.9 Å². The Morgan fingerprint density at radius 3 is 2.55 bits per heavy atom. The van der Waals surface area contributed by atoms with Gasteiger partial charge in [-0.3, -0.25) is 0 Å². The van der Waals surface area contributed by atoms with E-state index < -0.39 is 0 Å². The third-order valence-electron chi connectivity index (χ3n) is 4.91. The normalized spacial score (nSPS) is 13.9. The predicted octanol–water partition coefficient (Wildman–Crippen LogP) is 7.03. The van der Waals surface area contributed by atoms with Gasteiger partial charge in [0.25, 0.3) is 0 Å². The van der Waals surface area contributed by atoms with Crippen LogP contribution in [0.15, 0.2) is 57.5 Å². The van der Waals surface area contributed by atoms with Crippen molar-refractivity contribution in [1.29, 1.82) is 5.26 Å². The maximum atomic E-state index is 9.92. The zero-order valence-corrected chi connectivity index (χ0v) is 19.0. The third-order valence-corrected chi connectivity index (χ3v) is 5.90. The molecule has 0 spiro atoms. The topological polar surface area (TPSA) is 45.9 Å². The zero-order valence-electron chi connectivity index (χ0n) is 15.9. The summed E-state index contributed by atoms with van der Waals surface area (Å²) in [6.45, 7) is 2.37. The highest BCUT2D eigenvalue weighted by Crippen LogP contribution is 2.43. The highest BCUT2D eigenvalue weighted by Gasteiger charge is 2.27. The minimum absolute atomic E-state index is 0.408. The first kappa shape index (κ1) is 19.9. The van der Waals surface area contributed by atoms with Gasteiger partial charge in [0.1, 0.15) is 11.6 Å². The van der Waals surface area contributed by atoms with Crippen LogP contribution in [0, 0.1) is 11.3 Å². The van der Waals surface area contributed by atoms with Crippen LogP contribution in [0.25, 0.3) is 22.8 Å². The van der Waals surface area contributed by atoms with Crippen molar-refractivity contribution in [3.8, 4) is 23.1 Å². The van der Waals surface area contributed by atoms with E-state index in [0.717, 1.165) is 49.7 Å². The largest absolute Gasteiger partial charge is 0.477 e. The first-order valence-electron chi connectivity index (χ1n) is 9.43. The summed E-state index contributed by atoms with van der Waals surface area (Å²) in [6, 6.07) is 18.6. The van der Waals surface area contributed by atoms with Gasteiger partial charge >= 0.3 is 0 Å². The Morgan fingerprint density at radius 1 is 1.10 bits per heavy atom. The summed E-state index contributed by atoms with van der Waals surface area (Å²) in [4.78, 5) is 4.79. The average molecular weight is 510 g/mol. The molecule has 0 saturated carbocycles. The molecule has 0 unspecified atom stereocenters. The number of fused-ring (bicyclic) bond motifs is 1. The van der Waals surface area contributed by atoms with E-state index in [1.54, 1.807) is 0 Å². The summed E-state index contributed by atoms with van der Waals surface area (Å²) >= 11 is 7.09. The number of ether oxygens (including phenoxy) is 1. The molecule has 1 aromatic heterocycles. The molecule has 1 heterocycles. The average Bonchev–Trinajstić information content (AvgIpc) is 3.09. The van der Waals surface area contributed by atoms with E-state index >= 15 is 0 Å². The summed E-state index contributed by atoms with van der Waals surface area (Å²) in [5, 5.41) is 9.92. The second kappa shape index (κ2) is 8.52. The summed E-state index contributed by atoms with van der Waals surface area (Å²) in [5.41, 5.74) is 6.77. The lowest BCUT2D eigenvalue weighted by Gasteiger charge is -2.15. The number of aromatic nitrogens is 1. The molecule has 144 valence electrons. The van der Waals surface area contributed by atoms with Crippen molar-refractivity contribution in [3.05, 3.63) is 79.9 Å². The predicted molar refractivity (Wildman–Crippen MR) is 124 cm³/mol. The third kappa shape index (κ3) is 4.01. The number of rotatable bonds is 4. The molecule has 0 aliphatic heterocycles. The minimum atomic E-state index is 0.408. The summed E-state index contributed by atoms with van der Waals surface area (Å²) in [6.07, 6.45) is 3.91. The second-order valence-electron chi connectivity index (χ2n) is 6.77. The molecule has 3 aromatic rings. The van der Waals surface area contributed by atoms with Crippen molar-refractivity contribution >= 4 is 43.5 Å². The molecule has 0 amide bonds. The molecule has 2 aromatic carbocycles. The van der Waals surface area contributed by atoms with Gasteiger partial charge < -0.3 is 4.74 Å². The van der Waals surface area contributed by atoms with Crippen LogP contribution in [0.3, 0.4) is 0 Å². The fraction of sp³-hybridized carbons (Fsp3) is 0.167. The van der Waals surface area contributed by atoms with Gasteiger partial charge in [0, 0.05) is 14.5 Å². The number of pyridine rings is 1. The Hall–Kier alpha value is -2.42. The molecule has 5 heteroatoms. The fourth-order valence-corrected chi connectivity index (χ4v) is 4.55. The Morgan fingerprint density at radius 2 is 1.86 bits per heavy atom. The van der Waals surface area contributed by atoms with Crippen LogP contribution in [-0.2, 0) is 6.42 Å². The molecule has 0 saturated heterocycles. The first-order chi connectivity index (χ1) is 14.1. The maximum Gasteiger partial charge on any atom is 0.232 e. The molecule has 4 rings (SSSR count). The van der Waals surface area contributed by atoms with Crippen molar-refractivity contribution in [2.45, 2.75) is 19.8 Å². The smallest absolute Gasteiger partial charge is 0.232 e. The number of benzene rings is 2. The molecule has 0 atom stereocenters. The molecule has 1 aliphatic rings. The van der Waals surface area contributed by atoms with Gasteiger partial charge in [0.2, 0.25) is 5.88 Å². The monoisotopic (exact) mass is 508 g/mol. The van der Waals surface area contributed by atoms with Crippen molar-refractivity contribution in [3.63, 3.8) is 0 Å². The van der Waals surface area contributed by atoms with E-state index in [4.69, 9.17) is 9.72 Å². The second-order valence-corrected chi connectivity index (χ2v) is 8.61. The first-order valence-corrected chi connectivity index (χ1v) is 11.0. The van der Waals surface area contributed by atoms with Gasteiger partial charge in [-0.1, -0.05) is 56.1 Å². The fourth-order valence-electron chi connectivity index (χ4n) is 3.73. The van der Waals surface area contributed by atoms with Crippen LogP contribution in [0.5, 0.6) is 5.88 Å². The lowest BCUT2D eigenvalue weighted by Crippen LogP contribution is -2.04. The molecule has 29 heavy (non-hydrogen) atoms. The zero-order chi connectivity index (χ0) is 20.4. The molecular weight excluding hydrogens is 492 g/mol. The van der Waals surface area contributed by atoms with Crippen LogP contribution in [0.1, 0.15) is 35.7 Å². The molecule has 0 radical (unpaired) electrons. The molecule has 0 N–H and O–H groups in total. The Labute approximate surface area is 187 Å². The Bertz CT molecular complexity index is 1160. The summed E-state index contributed by atoms with van der Waals surface area (Å²) < 4.78 is 7.80. The standard InChI is InChI=1S/C24H18Br2N2O/c1-2-29-24-21(14-27)22(16-6-4-8-19(26)13-16)20-10-9-17(23(20)28-24)11-15-5-3-7-18(25)12-15/h3-8,11-13H,2,9-10H2,1H3. The van der Waals surface area contributed by atoms with Gasteiger partial charge in [-0.05, 0) is 72.4 Å². The number of halogens is 2. The minimum Gasteiger partial charge on any atom is -0.477 e. The molecule has 3 nitrogen and oxygen atoms in total. The van der Waals surface area contributed by atoms with E-state index in [1.807, 2.05) is 43.3 Å². The van der Waals surface area contributed by atoms with E-state index in [9.17, 15) is 5.26 Å². The van der Waals surface area contributed by atoms with Crippen LogP contribution < -0.4 is 4.74 Å². The molecule has 1 aliphatic carbocycles. The number of allylic oxidation sites excluding steroid dienone is 1. The van der Waals surface area contributed by atoms with Crippen molar-refractivity contribution in [2.75, 3.05) is 6.61 Å². The molecule has 0 bridgehead atoms. The van der Waals surface area contributed by atoms with E-state index in [0.29, 0.717) is 18.1 Å². The van der Waals surface area contributed by atoms with E-state index in [1.165, 1.54) is 5.57 Å². The number of nitriles is 1. The van der Waals surface area contributed by atoms with E-state index in [2.05, 4.69) is 56.1 Å². The number of hydrogen-bond acceptors (Lipinski definition) is 3. The molecular formula is C24H18Br2N2O. The van der Waals surface area contributed by atoms with Gasteiger partial charge in [-0.25, -0.2) is 4.98 Å². The summed E-state index contributed by atoms with van der Waals surface area (Å²) in [7, 11) is 0. The molecule has 0 fully saturated rings. The SMILES string of the molecule is CCOc1nc2c(c(-c3cccc(Br)c3)c1C#N)CCC2=Cc1cccc(Br)c1. The van der Waals surface area contributed by atoms with Crippen molar-refractivity contribution in [1.82, 2.24) is 4.98 Å². The van der Waals surface area contributed by atoms with Crippen molar-refractivity contribution < 1.29 is 4.74 Å². The number of nitrogens with zero attached hydrogens (tertiary/aromatic N) is 2. The van der Waals surface area contributed by atoms with Gasteiger partial charge in [-0.15, -0.1) is 0 Å². The lowest BCUT2D eigenvalue weighted by atomic mass is 9.95. The van der Waals surface area contributed by atoms with Crippen molar-refractivity contribution in [2.24, 2.45) is 0 Å². The maximum absolute atomic E-state index is 9.92. The van der Waals surface area contributed by atoms with Gasteiger partial charge in [0.05, 0.1) is 12.3 Å². The highest BCUT2D eigenvalue weighted by atomic mass is 79.9. The van der Waals surface area contributed by atoms with Gasteiger partial charge in [-0.2, -0.15) is 5.26 Å². The lowest BCUT2D eigenvalue weighted by molar-refractivity contribution is 0.325. The summed E-state index contributed by atoms with van der Waals surface area (Å²) in [5.74, 6) is 0.408. The quantitative estimate of drug-likeness (QED) is 0.379. The number of hydrogen-bond donors (Lipinski definition) is 0. The van der Waals surface area contributed by atoms with Gasteiger partial charge in [0.15, 0.2) is 0 Å². The Kier molecular flexibility index (Phi) is 5.84. The van der Waals surface area contributed by atoms with E-state index in [-0.39, 0.29) is 0 Å². The Balaban J connectivity index is 1.95. The van der Waals surface area contributed by atoms with Crippen LogP contribution in [-0.4, -0.2) is 11.6 Å². The van der Waals surface area contributed by atoms with Crippen LogP contribution in [0.2, 0.25) is 0 Å².